The monoisotopic (exact) mass is 279 g/mol. The van der Waals surface area contributed by atoms with E-state index in [1.165, 1.54) is 4.90 Å². The Labute approximate surface area is 119 Å². The molecule has 110 valence electrons. The second kappa shape index (κ2) is 8.16. The summed E-state index contributed by atoms with van der Waals surface area (Å²) in [6.07, 6.45) is 0.423. The molecule has 1 aromatic rings. The van der Waals surface area contributed by atoms with Gasteiger partial charge in [0.2, 0.25) is 5.91 Å². The van der Waals surface area contributed by atoms with E-state index in [0.29, 0.717) is 24.4 Å². The minimum Gasteiger partial charge on any atom is -0.484 e. The van der Waals surface area contributed by atoms with E-state index in [0.717, 1.165) is 0 Å². The molecule has 0 unspecified atom stereocenters. The number of ether oxygens (including phenoxy) is 1. The molecule has 6 heteroatoms. The Balaban J connectivity index is 2.44. The third-order valence-corrected chi connectivity index (χ3v) is 2.60. The first-order valence-corrected chi connectivity index (χ1v) is 6.40. The summed E-state index contributed by atoms with van der Waals surface area (Å²) in [5, 5.41) is 5.69. The van der Waals surface area contributed by atoms with Crippen LogP contribution in [0.5, 0.6) is 5.75 Å². The number of anilines is 1. The Kier molecular flexibility index (Phi) is 6.52. The van der Waals surface area contributed by atoms with Crippen molar-refractivity contribution in [3.05, 3.63) is 24.3 Å². The minimum absolute atomic E-state index is 0.000868. The Hall–Kier alpha value is -2.08. The van der Waals surface area contributed by atoms with Crippen LogP contribution in [0.1, 0.15) is 6.42 Å². The normalized spacial score (nSPS) is 9.95. The first kappa shape index (κ1) is 16.0. The lowest BCUT2D eigenvalue weighted by atomic mass is 10.3. The van der Waals surface area contributed by atoms with Gasteiger partial charge in [0.05, 0.1) is 0 Å². The number of carbonyl (C=O) groups is 2. The third-order valence-electron chi connectivity index (χ3n) is 2.60. The average molecular weight is 279 g/mol. The van der Waals surface area contributed by atoms with E-state index in [9.17, 15) is 9.59 Å². The van der Waals surface area contributed by atoms with Crippen LogP contribution in [0.2, 0.25) is 0 Å². The van der Waals surface area contributed by atoms with E-state index in [1.54, 1.807) is 45.4 Å². The minimum atomic E-state index is -0.102. The second-order valence-electron chi connectivity index (χ2n) is 4.50. The van der Waals surface area contributed by atoms with Crippen LogP contribution in [0.25, 0.3) is 0 Å². The second-order valence-corrected chi connectivity index (χ2v) is 4.50. The Morgan fingerprint density at radius 3 is 2.40 bits per heavy atom. The summed E-state index contributed by atoms with van der Waals surface area (Å²) < 4.78 is 5.34. The number of nitrogens with one attached hydrogen (secondary N) is 2. The summed E-state index contributed by atoms with van der Waals surface area (Å²) in [7, 11) is 5.15. The maximum atomic E-state index is 11.5. The van der Waals surface area contributed by atoms with Gasteiger partial charge in [-0.25, -0.2) is 0 Å². The van der Waals surface area contributed by atoms with Crippen LogP contribution < -0.4 is 15.4 Å². The predicted octanol–water partition coefficient (Wildman–Crippen LogP) is 0.702. The van der Waals surface area contributed by atoms with Crippen molar-refractivity contribution < 1.29 is 14.3 Å². The molecule has 2 amide bonds. The topological polar surface area (TPSA) is 70.7 Å². The Bertz CT molecular complexity index is 443. The zero-order chi connectivity index (χ0) is 15.0. The van der Waals surface area contributed by atoms with Crippen LogP contribution in [0.3, 0.4) is 0 Å². The lowest BCUT2D eigenvalue weighted by molar-refractivity contribution is -0.130. The van der Waals surface area contributed by atoms with Gasteiger partial charge in [-0.1, -0.05) is 0 Å². The van der Waals surface area contributed by atoms with E-state index >= 15 is 0 Å². The molecular formula is C14H21N3O3. The molecule has 0 spiro atoms. The molecule has 1 aromatic carbocycles. The molecule has 0 radical (unpaired) electrons. The molecule has 0 saturated carbocycles. The SMILES string of the molecule is CNCCC(=O)Nc1ccc(OCC(=O)N(C)C)cc1. The van der Waals surface area contributed by atoms with E-state index in [-0.39, 0.29) is 18.4 Å². The number of rotatable bonds is 7. The summed E-state index contributed by atoms with van der Waals surface area (Å²) in [5.74, 6) is 0.443. The van der Waals surface area contributed by atoms with Crippen LogP contribution in [-0.4, -0.2) is 51.0 Å². The molecule has 6 nitrogen and oxygen atoms in total. The summed E-state index contributed by atoms with van der Waals surface area (Å²) in [4.78, 5) is 24.3. The van der Waals surface area contributed by atoms with Crippen LogP contribution in [0, 0.1) is 0 Å². The molecule has 1 rings (SSSR count). The highest BCUT2D eigenvalue weighted by Crippen LogP contribution is 2.15. The van der Waals surface area contributed by atoms with Gasteiger partial charge in [0.15, 0.2) is 6.61 Å². The van der Waals surface area contributed by atoms with E-state index in [4.69, 9.17) is 4.74 Å². The number of hydrogen-bond acceptors (Lipinski definition) is 4. The summed E-state index contributed by atoms with van der Waals surface area (Å²) in [6.45, 7) is 0.639. The van der Waals surface area contributed by atoms with Crippen molar-refractivity contribution in [2.45, 2.75) is 6.42 Å². The molecular weight excluding hydrogens is 258 g/mol. The molecule has 2 N–H and O–H groups in total. The quantitative estimate of drug-likeness (QED) is 0.771. The molecule has 0 fully saturated rings. The van der Waals surface area contributed by atoms with Gasteiger partial charge in [-0.3, -0.25) is 9.59 Å². The zero-order valence-electron chi connectivity index (χ0n) is 12.1. The van der Waals surface area contributed by atoms with Crippen LogP contribution in [0.15, 0.2) is 24.3 Å². The standard InChI is InChI=1S/C14H21N3O3/c1-15-9-8-13(18)16-11-4-6-12(7-5-11)20-10-14(19)17(2)3/h4-7,15H,8-10H2,1-3H3,(H,16,18). The van der Waals surface area contributed by atoms with Crippen molar-refractivity contribution in [1.29, 1.82) is 0 Å². The summed E-state index contributed by atoms with van der Waals surface area (Å²) >= 11 is 0. The fourth-order valence-electron chi connectivity index (χ4n) is 1.37. The van der Waals surface area contributed by atoms with Gasteiger partial charge < -0.3 is 20.3 Å². The molecule has 0 aliphatic heterocycles. The zero-order valence-corrected chi connectivity index (χ0v) is 12.1. The number of benzene rings is 1. The van der Waals surface area contributed by atoms with Crippen LogP contribution >= 0.6 is 0 Å². The highest BCUT2D eigenvalue weighted by Gasteiger charge is 2.05. The Morgan fingerprint density at radius 1 is 1.20 bits per heavy atom. The van der Waals surface area contributed by atoms with Gasteiger partial charge in [0, 0.05) is 32.7 Å². The summed E-state index contributed by atoms with van der Waals surface area (Å²) in [5.41, 5.74) is 0.706. The highest BCUT2D eigenvalue weighted by molar-refractivity contribution is 5.90. The van der Waals surface area contributed by atoms with E-state index in [1.807, 2.05) is 0 Å². The molecule has 0 aliphatic rings. The molecule has 0 heterocycles. The van der Waals surface area contributed by atoms with Crippen molar-refractivity contribution in [1.82, 2.24) is 10.2 Å². The number of carbonyl (C=O) groups excluding carboxylic acids is 2. The van der Waals surface area contributed by atoms with Crippen LogP contribution in [0.4, 0.5) is 5.69 Å². The van der Waals surface area contributed by atoms with Gasteiger partial charge >= 0.3 is 0 Å². The van der Waals surface area contributed by atoms with Crippen molar-refractivity contribution in [2.75, 3.05) is 39.6 Å². The predicted molar refractivity (Wildman–Crippen MR) is 77.8 cm³/mol. The van der Waals surface area contributed by atoms with Crippen molar-refractivity contribution in [3.8, 4) is 5.75 Å². The lowest BCUT2D eigenvalue weighted by Crippen LogP contribution is -2.27. The molecule has 0 atom stereocenters. The van der Waals surface area contributed by atoms with Gasteiger partial charge in [0.25, 0.3) is 5.91 Å². The number of nitrogens with zero attached hydrogens (tertiary/aromatic N) is 1. The van der Waals surface area contributed by atoms with Crippen molar-refractivity contribution in [2.24, 2.45) is 0 Å². The molecule has 0 bridgehead atoms. The van der Waals surface area contributed by atoms with E-state index < -0.39 is 0 Å². The third kappa shape index (κ3) is 5.71. The highest BCUT2D eigenvalue weighted by atomic mass is 16.5. The maximum absolute atomic E-state index is 11.5. The fourth-order valence-corrected chi connectivity index (χ4v) is 1.37. The first-order chi connectivity index (χ1) is 9.52. The summed E-state index contributed by atoms with van der Waals surface area (Å²) in [6, 6.07) is 6.92. The van der Waals surface area contributed by atoms with Gasteiger partial charge in [-0.15, -0.1) is 0 Å². The van der Waals surface area contributed by atoms with Crippen molar-refractivity contribution in [3.63, 3.8) is 0 Å². The molecule has 0 saturated heterocycles. The average Bonchev–Trinajstić information content (AvgIpc) is 2.43. The van der Waals surface area contributed by atoms with E-state index in [2.05, 4.69) is 10.6 Å². The largest absolute Gasteiger partial charge is 0.484 e. The smallest absolute Gasteiger partial charge is 0.259 e. The number of likely N-dealkylation sites (N-methyl/N-ethyl adjacent to an activating group) is 1. The molecule has 0 aromatic heterocycles. The van der Waals surface area contributed by atoms with Crippen molar-refractivity contribution >= 4 is 17.5 Å². The first-order valence-electron chi connectivity index (χ1n) is 6.40. The molecule has 0 aliphatic carbocycles. The van der Waals surface area contributed by atoms with Gasteiger partial charge in [-0.05, 0) is 31.3 Å². The molecule has 20 heavy (non-hydrogen) atoms. The maximum Gasteiger partial charge on any atom is 0.259 e. The number of amides is 2. The lowest BCUT2D eigenvalue weighted by Gasteiger charge is -2.11. The number of hydrogen-bond donors (Lipinski definition) is 2. The van der Waals surface area contributed by atoms with Crippen LogP contribution in [-0.2, 0) is 9.59 Å². The Morgan fingerprint density at radius 2 is 1.85 bits per heavy atom. The fraction of sp³-hybridized carbons (Fsp3) is 0.429. The van der Waals surface area contributed by atoms with Gasteiger partial charge in [0.1, 0.15) is 5.75 Å². The van der Waals surface area contributed by atoms with Gasteiger partial charge in [-0.2, -0.15) is 0 Å².